The monoisotopic (exact) mass is 371 g/mol. The molecule has 5 heteroatoms. The predicted octanol–water partition coefficient (Wildman–Crippen LogP) is 4.84. The second-order valence-electron chi connectivity index (χ2n) is 7.10. The van der Waals surface area contributed by atoms with Gasteiger partial charge in [-0.25, -0.2) is 4.98 Å². The lowest BCUT2D eigenvalue weighted by Crippen LogP contribution is -2.10. The minimum absolute atomic E-state index is 0.649. The molecule has 0 aliphatic heterocycles. The lowest BCUT2D eigenvalue weighted by molar-refractivity contribution is 0.985. The summed E-state index contributed by atoms with van der Waals surface area (Å²) >= 11 is 0. The summed E-state index contributed by atoms with van der Waals surface area (Å²) in [5.74, 6) is 1.50. The van der Waals surface area contributed by atoms with Crippen molar-refractivity contribution >= 4 is 22.7 Å². The van der Waals surface area contributed by atoms with Crippen LogP contribution < -0.4 is 10.6 Å². The third-order valence-corrected chi connectivity index (χ3v) is 4.76. The van der Waals surface area contributed by atoms with E-state index in [2.05, 4.69) is 87.2 Å². The van der Waals surface area contributed by atoms with Crippen molar-refractivity contribution in [3.8, 4) is 0 Å². The number of fused-ring (bicyclic) bond motifs is 1. The van der Waals surface area contributed by atoms with E-state index in [1.54, 1.807) is 0 Å². The van der Waals surface area contributed by atoms with Crippen molar-refractivity contribution in [2.24, 2.45) is 0 Å². The Hall–Kier alpha value is -3.34. The topological polar surface area (TPSA) is 65.6 Å². The molecule has 0 spiro atoms. The molecule has 3 N–H and O–H groups in total. The number of aromatic amines is 1. The molecule has 0 fully saturated rings. The molecule has 0 aliphatic rings. The van der Waals surface area contributed by atoms with Crippen LogP contribution >= 0.6 is 0 Å². The second kappa shape index (κ2) is 8.13. The Kier molecular flexibility index (Phi) is 5.24. The Labute approximate surface area is 165 Å². The Morgan fingerprint density at radius 2 is 1.82 bits per heavy atom. The number of nitrogens with one attached hydrogen (secondary N) is 3. The summed E-state index contributed by atoms with van der Waals surface area (Å²) in [6, 6.07) is 18.8. The fourth-order valence-electron chi connectivity index (χ4n) is 3.41. The van der Waals surface area contributed by atoms with E-state index in [9.17, 15) is 0 Å². The summed E-state index contributed by atoms with van der Waals surface area (Å²) < 4.78 is 0. The summed E-state index contributed by atoms with van der Waals surface area (Å²) in [6.45, 7) is 5.61. The highest BCUT2D eigenvalue weighted by Crippen LogP contribution is 2.18. The van der Waals surface area contributed by atoms with Gasteiger partial charge in [0.15, 0.2) is 0 Å². The van der Waals surface area contributed by atoms with Gasteiger partial charge in [0.05, 0.1) is 0 Å². The number of hydrogen-bond donors (Lipinski definition) is 3. The number of para-hydroxylation sites is 1. The maximum atomic E-state index is 4.61. The molecule has 28 heavy (non-hydrogen) atoms. The Balaban J connectivity index is 1.38. The molecular weight excluding hydrogens is 346 g/mol. The molecule has 2 aromatic carbocycles. The SMILES string of the molecule is Cc1cccc(CNc2nc(C)cc(NCCc3c[nH]c4ccccc34)n2)c1. The molecule has 2 heterocycles. The third-order valence-electron chi connectivity index (χ3n) is 4.76. The van der Waals surface area contributed by atoms with Crippen molar-refractivity contribution in [1.29, 1.82) is 0 Å². The summed E-state index contributed by atoms with van der Waals surface area (Å²) in [4.78, 5) is 12.4. The molecule has 0 bridgehead atoms. The quantitative estimate of drug-likeness (QED) is 0.435. The first-order chi connectivity index (χ1) is 13.7. The van der Waals surface area contributed by atoms with Crippen LogP contribution in [-0.4, -0.2) is 21.5 Å². The van der Waals surface area contributed by atoms with Crippen LogP contribution in [0.4, 0.5) is 11.8 Å². The molecule has 0 unspecified atom stereocenters. The van der Waals surface area contributed by atoms with Gasteiger partial charge in [-0.3, -0.25) is 0 Å². The van der Waals surface area contributed by atoms with Gasteiger partial charge < -0.3 is 15.6 Å². The van der Waals surface area contributed by atoms with Crippen LogP contribution in [0.5, 0.6) is 0 Å². The molecule has 5 nitrogen and oxygen atoms in total. The number of anilines is 2. The second-order valence-corrected chi connectivity index (χ2v) is 7.10. The predicted molar refractivity (Wildman–Crippen MR) is 116 cm³/mol. The van der Waals surface area contributed by atoms with Gasteiger partial charge in [0.2, 0.25) is 5.95 Å². The average Bonchev–Trinajstić information content (AvgIpc) is 3.09. The number of aryl methyl sites for hydroxylation is 2. The minimum Gasteiger partial charge on any atom is -0.370 e. The van der Waals surface area contributed by atoms with Crippen molar-refractivity contribution in [1.82, 2.24) is 15.0 Å². The van der Waals surface area contributed by atoms with Crippen LogP contribution in [0, 0.1) is 13.8 Å². The first-order valence-electron chi connectivity index (χ1n) is 9.61. The van der Waals surface area contributed by atoms with E-state index in [1.165, 1.54) is 27.6 Å². The minimum atomic E-state index is 0.649. The van der Waals surface area contributed by atoms with Crippen LogP contribution in [0.15, 0.2) is 60.8 Å². The molecule has 0 saturated heterocycles. The molecule has 2 aromatic heterocycles. The average molecular weight is 371 g/mol. The van der Waals surface area contributed by atoms with Crippen molar-refractivity contribution < 1.29 is 0 Å². The summed E-state index contributed by atoms with van der Waals surface area (Å²) in [7, 11) is 0. The summed E-state index contributed by atoms with van der Waals surface area (Å²) in [6.07, 6.45) is 3.02. The number of nitrogens with zero attached hydrogens (tertiary/aromatic N) is 2. The van der Waals surface area contributed by atoms with Crippen LogP contribution in [0.25, 0.3) is 10.9 Å². The molecule has 0 saturated carbocycles. The molecule has 0 aliphatic carbocycles. The first-order valence-corrected chi connectivity index (χ1v) is 9.61. The van der Waals surface area contributed by atoms with E-state index in [1.807, 2.05) is 13.0 Å². The number of benzene rings is 2. The fraction of sp³-hybridized carbons (Fsp3) is 0.217. The Morgan fingerprint density at radius 1 is 0.929 bits per heavy atom. The maximum Gasteiger partial charge on any atom is 0.225 e. The molecule has 0 radical (unpaired) electrons. The Bertz CT molecular complexity index is 1080. The number of rotatable bonds is 7. The van der Waals surface area contributed by atoms with Crippen molar-refractivity contribution in [2.45, 2.75) is 26.8 Å². The molecular formula is C23H25N5. The van der Waals surface area contributed by atoms with Crippen molar-refractivity contribution in [3.05, 3.63) is 83.2 Å². The number of aromatic nitrogens is 3. The lowest BCUT2D eigenvalue weighted by atomic mass is 10.1. The largest absolute Gasteiger partial charge is 0.370 e. The van der Waals surface area contributed by atoms with Crippen molar-refractivity contribution in [3.63, 3.8) is 0 Å². The van der Waals surface area contributed by atoms with E-state index in [4.69, 9.17) is 0 Å². The van der Waals surface area contributed by atoms with Crippen LogP contribution in [0.2, 0.25) is 0 Å². The molecule has 4 rings (SSSR count). The van der Waals surface area contributed by atoms with E-state index >= 15 is 0 Å². The lowest BCUT2D eigenvalue weighted by Gasteiger charge is -2.10. The van der Waals surface area contributed by atoms with Gasteiger partial charge in [-0.2, -0.15) is 4.98 Å². The van der Waals surface area contributed by atoms with Crippen LogP contribution in [-0.2, 0) is 13.0 Å². The van der Waals surface area contributed by atoms with Gasteiger partial charge in [-0.05, 0) is 37.5 Å². The number of hydrogen-bond acceptors (Lipinski definition) is 4. The molecule has 4 aromatic rings. The van der Waals surface area contributed by atoms with Crippen LogP contribution in [0.1, 0.15) is 22.4 Å². The van der Waals surface area contributed by atoms with Gasteiger partial charge in [0.25, 0.3) is 0 Å². The van der Waals surface area contributed by atoms with Gasteiger partial charge >= 0.3 is 0 Å². The molecule has 0 atom stereocenters. The zero-order chi connectivity index (χ0) is 19.3. The summed E-state index contributed by atoms with van der Waals surface area (Å²) in [5.41, 5.74) is 5.91. The molecule has 0 amide bonds. The van der Waals surface area contributed by atoms with E-state index in [0.29, 0.717) is 12.5 Å². The molecule has 142 valence electrons. The zero-order valence-corrected chi connectivity index (χ0v) is 16.3. The highest BCUT2D eigenvalue weighted by molar-refractivity contribution is 5.83. The van der Waals surface area contributed by atoms with Gasteiger partial charge in [-0.1, -0.05) is 48.0 Å². The van der Waals surface area contributed by atoms with Crippen molar-refractivity contribution in [2.75, 3.05) is 17.2 Å². The normalized spacial score (nSPS) is 10.9. The van der Waals surface area contributed by atoms with E-state index < -0.39 is 0 Å². The summed E-state index contributed by atoms with van der Waals surface area (Å²) in [5, 5.41) is 8.04. The maximum absolute atomic E-state index is 4.61. The van der Waals surface area contributed by atoms with Gasteiger partial charge in [-0.15, -0.1) is 0 Å². The van der Waals surface area contributed by atoms with Gasteiger partial charge in [0.1, 0.15) is 5.82 Å². The van der Waals surface area contributed by atoms with E-state index in [-0.39, 0.29) is 0 Å². The zero-order valence-electron chi connectivity index (χ0n) is 16.3. The Morgan fingerprint density at radius 3 is 2.71 bits per heavy atom. The highest BCUT2D eigenvalue weighted by atomic mass is 15.1. The highest BCUT2D eigenvalue weighted by Gasteiger charge is 2.05. The smallest absolute Gasteiger partial charge is 0.225 e. The van der Waals surface area contributed by atoms with E-state index in [0.717, 1.165) is 24.5 Å². The van der Waals surface area contributed by atoms with Gasteiger partial charge in [0, 0.05) is 41.9 Å². The first kappa shape index (κ1) is 18.0. The number of H-pyrrole nitrogens is 1. The standard InChI is InChI=1S/C23H25N5/c1-16-6-5-7-18(12-16)14-26-23-27-17(2)13-22(28-23)24-11-10-19-15-25-21-9-4-3-8-20(19)21/h3-9,12-13,15,25H,10-11,14H2,1-2H3,(H2,24,26,27,28). The third kappa shape index (κ3) is 4.31. The fourth-order valence-corrected chi connectivity index (χ4v) is 3.41. The van der Waals surface area contributed by atoms with Crippen LogP contribution in [0.3, 0.4) is 0 Å².